The number of phosphoric ester groups is 1. The Morgan fingerprint density at radius 2 is 0.565 bits per heavy atom. The third-order valence-electron chi connectivity index (χ3n) is 18.6. The van der Waals surface area contributed by atoms with Crippen LogP contribution >= 0.6 is 7.82 Å². The van der Waals surface area contributed by atoms with Crippen LogP contribution in [0.4, 0.5) is 0 Å². The van der Waals surface area contributed by atoms with Crippen molar-refractivity contribution in [3.05, 3.63) is 0 Å². The lowest BCUT2D eigenvalue weighted by Gasteiger charge is -2.26. The number of likely N-dealkylation sites (N-methyl/N-ethyl adjacent to an activating group) is 1. The number of nitrogens with one attached hydrogen (secondary N) is 1. The maximum Gasteiger partial charge on any atom is 0.472 e. The van der Waals surface area contributed by atoms with Crippen molar-refractivity contribution < 1.29 is 32.9 Å². The van der Waals surface area contributed by atoms with Gasteiger partial charge in [0.05, 0.1) is 39.9 Å². The smallest absolute Gasteiger partial charge is 0.391 e. The highest BCUT2D eigenvalue weighted by Gasteiger charge is 2.28. The number of aliphatic hydroxyl groups excluding tert-OH is 1. The number of rotatable bonds is 74. The largest absolute Gasteiger partial charge is 0.472 e. The summed E-state index contributed by atoms with van der Waals surface area (Å²) in [5.74, 6) is -0.132. The Morgan fingerprint density at radius 3 is 0.788 bits per heavy atom. The second-order valence-corrected chi connectivity index (χ2v) is 29.9. The van der Waals surface area contributed by atoms with Crippen molar-refractivity contribution in [2.75, 3.05) is 40.9 Å². The highest BCUT2D eigenvalue weighted by molar-refractivity contribution is 7.47. The molecule has 0 fully saturated rings. The first kappa shape index (κ1) is 84.5. The second-order valence-electron chi connectivity index (χ2n) is 28.5. The monoisotopic (exact) mass is 1220 g/mol. The molecule has 510 valence electrons. The maximum atomic E-state index is 13.1. The van der Waals surface area contributed by atoms with E-state index in [2.05, 4.69) is 19.2 Å². The summed E-state index contributed by atoms with van der Waals surface area (Å²) < 4.78 is 24.0. The Hall–Kier alpha value is -0.500. The van der Waals surface area contributed by atoms with Gasteiger partial charge in [-0.25, -0.2) is 4.57 Å². The van der Waals surface area contributed by atoms with Crippen LogP contribution in [0.1, 0.15) is 431 Å². The Labute approximate surface area is 533 Å². The van der Waals surface area contributed by atoms with Crippen molar-refractivity contribution in [3.63, 3.8) is 0 Å². The summed E-state index contributed by atoms with van der Waals surface area (Å²) in [6, 6.07) is -0.757. The van der Waals surface area contributed by atoms with Crippen molar-refractivity contribution in [2.45, 2.75) is 443 Å². The van der Waals surface area contributed by atoms with Crippen molar-refractivity contribution in [2.24, 2.45) is 0 Å². The summed E-state index contributed by atoms with van der Waals surface area (Å²) in [5.41, 5.74) is 0. The number of unbranched alkanes of at least 4 members (excludes halogenated alkanes) is 61. The molecule has 0 saturated carbocycles. The molecule has 0 aromatic heterocycles. The predicted octanol–water partition coefficient (Wildman–Crippen LogP) is 25.1. The average Bonchev–Trinajstić information content (AvgIpc) is 3.48. The van der Waals surface area contributed by atoms with Crippen molar-refractivity contribution in [1.82, 2.24) is 5.32 Å². The lowest BCUT2D eigenvalue weighted by atomic mass is 10.0. The van der Waals surface area contributed by atoms with Crippen LogP contribution in [0.3, 0.4) is 0 Å². The third-order valence-corrected chi connectivity index (χ3v) is 19.6. The zero-order chi connectivity index (χ0) is 61.9. The van der Waals surface area contributed by atoms with Gasteiger partial charge in [-0.3, -0.25) is 13.8 Å². The quantitative estimate of drug-likeness (QED) is 0.0318. The number of carbonyl (C=O) groups excluding carboxylic acids is 1. The fraction of sp³-hybridized carbons (Fsp3) is 0.987. The molecule has 8 nitrogen and oxygen atoms in total. The van der Waals surface area contributed by atoms with Crippen LogP contribution in [-0.4, -0.2) is 73.4 Å². The molecule has 3 atom stereocenters. The minimum Gasteiger partial charge on any atom is -0.391 e. The molecule has 85 heavy (non-hydrogen) atoms. The molecule has 0 aliphatic heterocycles. The minimum absolute atomic E-state index is 0.0796. The number of hydrogen-bond acceptors (Lipinski definition) is 5. The summed E-state index contributed by atoms with van der Waals surface area (Å²) in [4.78, 5) is 23.5. The molecule has 0 aromatic carbocycles. The van der Waals surface area contributed by atoms with E-state index in [-0.39, 0.29) is 19.1 Å². The van der Waals surface area contributed by atoms with Gasteiger partial charge in [-0.15, -0.1) is 0 Å². The van der Waals surface area contributed by atoms with Crippen molar-refractivity contribution in [1.29, 1.82) is 0 Å². The highest BCUT2D eigenvalue weighted by Crippen LogP contribution is 2.43. The van der Waals surface area contributed by atoms with E-state index in [1.54, 1.807) is 0 Å². The maximum absolute atomic E-state index is 13.1. The number of nitrogens with zero attached hydrogens (tertiary/aromatic N) is 1. The summed E-state index contributed by atoms with van der Waals surface area (Å²) in [7, 11) is 1.65. The number of hydrogen-bond donors (Lipinski definition) is 3. The van der Waals surface area contributed by atoms with Gasteiger partial charge in [-0.05, 0) is 12.8 Å². The zero-order valence-electron chi connectivity index (χ0n) is 58.7. The lowest BCUT2D eigenvalue weighted by Crippen LogP contribution is -2.46. The van der Waals surface area contributed by atoms with Crippen LogP contribution in [0.25, 0.3) is 0 Å². The summed E-state index contributed by atoms with van der Waals surface area (Å²) >= 11 is 0. The average molecular weight is 1230 g/mol. The first-order chi connectivity index (χ1) is 41.5. The normalized spacial score (nSPS) is 13.4. The van der Waals surface area contributed by atoms with Crippen LogP contribution in [0.2, 0.25) is 0 Å². The summed E-state index contributed by atoms with van der Waals surface area (Å²) in [5, 5.41) is 14.2. The molecule has 0 spiro atoms. The Bertz CT molecular complexity index is 1350. The third kappa shape index (κ3) is 70.8. The van der Waals surface area contributed by atoms with Crippen LogP contribution in [0, 0.1) is 0 Å². The highest BCUT2D eigenvalue weighted by atomic mass is 31.2. The van der Waals surface area contributed by atoms with E-state index < -0.39 is 20.0 Å². The number of quaternary nitrogens is 1. The van der Waals surface area contributed by atoms with Gasteiger partial charge in [0.2, 0.25) is 5.91 Å². The van der Waals surface area contributed by atoms with Gasteiger partial charge in [-0.2, -0.15) is 0 Å². The van der Waals surface area contributed by atoms with Gasteiger partial charge in [-0.1, -0.05) is 412 Å². The molecule has 0 heterocycles. The van der Waals surface area contributed by atoms with Gasteiger partial charge in [0.15, 0.2) is 0 Å². The molecule has 0 aliphatic rings. The molecule has 3 N–H and O–H groups in total. The van der Waals surface area contributed by atoms with E-state index in [9.17, 15) is 19.4 Å². The van der Waals surface area contributed by atoms with Crippen LogP contribution in [0.5, 0.6) is 0 Å². The fourth-order valence-electron chi connectivity index (χ4n) is 12.6. The summed E-state index contributed by atoms with van der Waals surface area (Å²) in [6.45, 7) is 4.98. The van der Waals surface area contributed by atoms with Crippen molar-refractivity contribution >= 4 is 13.7 Å². The van der Waals surface area contributed by atoms with E-state index in [0.29, 0.717) is 23.9 Å². The molecule has 3 unspecified atom stereocenters. The fourth-order valence-corrected chi connectivity index (χ4v) is 13.3. The lowest BCUT2D eigenvalue weighted by molar-refractivity contribution is -0.870. The molecule has 0 aromatic rings. The topological polar surface area (TPSA) is 105 Å². The zero-order valence-corrected chi connectivity index (χ0v) is 59.6. The second kappa shape index (κ2) is 67.9. The molecule has 0 rings (SSSR count). The van der Waals surface area contributed by atoms with E-state index in [4.69, 9.17) is 9.05 Å². The van der Waals surface area contributed by atoms with Crippen LogP contribution in [-0.2, 0) is 18.4 Å². The Kier molecular flexibility index (Phi) is 67.5. The standard InChI is InChI=1S/C76H155N2O6P/c1-6-8-10-12-14-16-18-20-22-24-26-28-30-32-34-36-37-38-39-40-41-42-44-46-48-50-52-54-56-58-60-62-64-66-68-70-76(80)77-74(73-84-85(81,82)83-72-71-78(3,4)5)75(79)69-67-65-63-61-59-57-55-53-51-49-47-45-43-35-33-31-29-27-25-23-21-19-17-15-13-11-9-7-2/h74-75,79H,6-73H2,1-5H3,(H-,77,80,81,82)/p+1. The number of aliphatic hydroxyl groups is 1. The molecule has 9 heteroatoms. The van der Waals surface area contributed by atoms with Gasteiger partial charge in [0.25, 0.3) is 0 Å². The van der Waals surface area contributed by atoms with E-state index >= 15 is 0 Å². The number of amides is 1. The van der Waals surface area contributed by atoms with Gasteiger partial charge >= 0.3 is 7.82 Å². The first-order valence-corrected chi connectivity index (χ1v) is 40.4. The Balaban J connectivity index is 3.90. The van der Waals surface area contributed by atoms with E-state index in [1.165, 1.54) is 366 Å². The van der Waals surface area contributed by atoms with Crippen LogP contribution < -0.4 is 5.32 Å². The van der Waals surface area contributed by atoms with Gasteiger partial charge in [0.1, 0.15) is 13.2 Å². The molecular weight excluding hydrogens is 1070 g/mol. The predicted molar refractivity (Wildman–Crippen MR) is 374 cm³/mol. The van der Waals surface area contributed by atoms with E-state index in [0.717, 1.165) is 38.5 Å². The molecular formula is C76H156N2O6P+. The van der Waals surface area contributed by atoms with Gasteiger partial charge in [0, 0.05) is 6.42 Å². The molecule has 0 saturated heterocycles. The SMILES string of the molecule is CCCCCCCCCCCCCCCCCCCCCCCCCCCCCCCCCCCCCC(=O)NC(COP(=O)(O)OCC[N+](C)(C)C)C(O)CCCCCCCCCCCCCCCCCCCCCCCCCCCCCC. The summed E-state index contributed by atoms with van der Waals surface area (Å²) in [6.07, 6.45) is 86.8. The Morgan fingerprint density at radius 1 is 0.353 bits per heavy atom. The molecule has 0 bridgehead atoms. The first-order valence-electron chi connectivity index (χ1n) is 38.9. The minimum atomic E-state index is -4.33. The van der Waals surface area contributed by atoms with Crippen molar-refractivity contribution in [3.8, 4) is 0 Å². The van der Waals surface area contributed by atoms with E-state index in [1.807, 2.05) is 21.1 Å². The number of carbonyl (C=O) groups is 1. The molecule has 1 amide bonds. The van der Waals surface area contributed by atoms with Crippen LogP contribution in [0.15, 0.2) is 0 Å². The molecule has 0 aliphatic carbocycles. The van der Waals surface area contributed by atoms with Gasteiger partial charge < -0.3 is 19.8 Å². The number of phosphoric acid groups is 1. The molecule has 0 radical (unpaired) electrons.